The molecule has 0 saturated carbocycles. The highest BCUT2D eigenvalue weighted by molar-refractivity contribution is 6.31. The summed E-state index contributed by atoms with van der Waals surface area (Å²) >= 11 is 6.18. The monoisotopic (exact) mass is 525 g/mol. The predicted molar refractivity (Wildman–Crippen MR) is 127 cm³/mol. The van der Waals surface area contributed by atoms with E-state index in [0.29, 0.717) is 21.6 Å². The molecule has 1 fully saturated rings. The van der Waals surface area contributed by atoms with Crippen molar-refractivity contribution in [2.24, 2.45) is 7.05 Å². The van der Waals surface area contributed by atoms with Gasteiger partial charge in [0, 0.05) is 42.2 Å². The van der Waals surface area contributed by atoms with Gasteiger partial charge in [0.2, 0.25) is 0 Å². The molecule has 0 amide bonds. The minimum atomic E-state index is -4.83. The first-order valence-electron chi connectivity index (χ1n) is 11.1. The van der Waals surface area contributed by atoms with Crippen LogP contribution in [0.25, 0.3) is 10.9 Å². The standard InChI is InChI=1S/C24H23ClF3N3O5/c1-13(17-5-4-15(12-29-17)36-24(26,27)28)23(35)7-9-31(10-8-23)20-16-11-14(25)3-6-18(16)30(2)21(32)19(20)22(33)34/h3-6,11-13,35H,7-10H2,1-2H3,(H,33,34)/t13-/m1/s1. The van der Waals surface area contributed by atoms with Crippen LogP contribution in [-0.4, -0.2) is 50.8 Å². The Morgan fingerprint density at radius 1 is 1.22 bits per heavy atom. The molecule has 1 saturated heterocycles. The topological polar surface area (TPSA) is 105 Å². The molecule has 0 spiro atoms. The average molecular weight is 526 g/mol. The summed E-state index contributed by atoms with van der Waals surface area (Å²) in [5, 5.41) is 22.1. The van der Waals surface area contributed by atoms with Gasteiger partial charge in [0.25, 0.3) is 5.56 Å². The van der Waals surface area contributed by atoms with Crippen LogP contribution in [0.3, 0.4) is 0 Å². The van der Waals surface area contributed by atoms with Crippen molar-refractivity contribution in [1.29, 1.82) is 0 Å². The first kappa shape index (κ1) is 25.8. The molecule has 3 heterocycles. The fourth-order valence-corrected chi connectivity index (χ4v) is 4.86. The maximum atomic E-state index is 12.9. The summed E-state index contributed by atoms with van der Waals surface area (Å²) in [6.45, 7) is 2.18. The van der Waals surface area contributed by atoms with Crippen LogP contribution in [0, 0.1) is 0 Å². The van der Waals surface area contributed by atoms with E-state index in [2.05, 4.69) is 9.72 Å². The molecule has 0 bridgehead atoms. The number of pyridine rings is 2. The Labute approximate surface area is 208 Å². The minimum Gasteiger partial charge on any atom is -0.477 e. The lowest BCUT2D eigenvalue weighted by molar-refractivity contribution is -0.274. The van der Waals surface area contributed by atoms with Crippen LogP contribution < -0.4 is 15.2 Å². The van der Waals surface area contributed by atoms with Crippen LogP contribution in [0.1, 0.15) is 41.7 Å². The van der Waals surface area contributed by atoms with Crippen LogP contribution in [-0.2, 0) is 7.05 Å². The first-order chi connectivity index (χ1) is 16.8. The molecule has 2 N–H and O–H groups in total. The van der Waals surface area contributed by atoms with Gasteiger partial charge >= 0.3 is 12.3 Å². The Morgan fingerprint density at radius 3 is 2.44 bits per heavy atom. The van der Waals surface area contributed by atoms with Crippen LogP contribution in [0.15, 0.2) is 41.3 Å². The number of carbonyl (C=O) groups is 1. The van der Waals surface area contributed by atoms with Crippen molar-refractivity contribution < 1.29 is 32.9 Å². The molecule has 0 radical (unpaired) electrons. The van der Waals surface area contributed by atoms with Crippen molar-refractivity contribution in [1.82, 2.24) is 9.55 Å². The number of aliphatic hydroxyl groups is 1. The number of alkyl halides is 3. The van der Waals surface area contributed by atoms with Crippen LogP contribution in [0.5, 0.6) is 5.75 Å². The van der Waals surface area contributed by atoms with Crippen LogP contribution >= 0.6 is 11.6 Å². The second-order valence-corrected chi connectivity index (χ2v) is 9.27. The summed E-state index contributed by atoms with van der Waals surface area (Å²) in [6.07, 6.45) is -3.48. The fourth-order valence-electron chi connectivity index (χ4n) is 4.69. The Morgan fingerprint density at radius 2 is 1.89 bits per heavy atom. The summed E-state index contributed by atoms with van der Waals surface area (Å²) in [5.41, 5.74) is -1.16. The number of fused-ring (bicyclic) bond motifs is 1. The normalized spacial score (nSPS) is 16.7. The number of ether oxygens (including phenoxy) is 1. The van der Waals surface area contributed by atoms with E-state index < -0.39 is 35.2 Å². The number of anilines is 1. The van der Waals surface area contributed by atoms with E-state index in [-0.39, 0.29) is 37.2 Å². The second kappa shape index (κ2) is 9.29. The molecule has 4 rings (SSSR count). The zero-order valence-corrected chi connectivity index (χ0v) is 20.1. The van der Waals surface area contributed by atoms with E-state index in [1.807, 2.05) is 0 Å². The third-order valence-electron chi connectivity index (χ3n) is 6.73. The Bertz CT molecular complexity index is 1370. The molecule has 3 aromatic rings. The largest absolute Gasteiger partial charge is 0.573 e. The first-order valence-corrected chi connectivity index (χ1v) is 11.4. The van der Waals surface area contributed by atoms with E-state index in [1.54, 1.807) is 30.0 Å². The van der Waals surface area contributed by atoms with E-state index in [1.165, 1.54) is 17.7 Å². The maximum absolute atomic E-state index is 12.9. The number of halogens is 4. The number of aromatic nitrogens is 2. The smallest absolute Gasteiger partial charge is 0.477 e. The van der Waals surface area contributed by atoms with Crippen molar-refractivity contribution in [3.05, 3.63) is 63.2 Å². The summed E-state index contributed by atoms with van der Waals surface area (Å²) in [7, 11) is 1.49. The van der Waals surface area contributed by atoms with Gasteiger partial charge in [-0.1, -0.05) is 18.5 Å². The zero-order valence-electron chi connectivity index (χ0n) is 19.3. The van der Waals surface area contributed by atoms with Crippen molar-refractivity contribution in [3.63, 3.8) is 0 Å². The molecule has 8 nitrogen and oxygen atoms in total. The molecule has 1 aliphatic rings. The summed E-state index contributed by atoms with van der Waals surface area (Å²) in [6, 6.07) is 7.38. The predicted octanol–water partition coefficient (Wildman–Crippen LogP) is 4.32. The molecule has 0 unspecified atom stereocenters. The fraction of sp³-hybridized carbons (Fsp3) is 0.375. The molecule has 2 aromatic heterocycles. The number of aryl methyl sites for hydroxylation is 1. The highest BCUT2D eigenvalue weighted by Gasteiger charge is 2.40. The minimum absolute atomic E-state index is 0.201. The Hall–Kier alpha value is -3.31. The van der Waals surface area contributed by atoms with Crippen molar-refractivity contribution in [3.8, 4) is 5.75 Å². The summed E-state index contributed by atoms with van der Waals surface area (Å²) < 4.78 is 42.4. The van der Waals surface area contributed by atoms with Gasteiger partial charge in [-0.15, -0.1) is 13.2 Å². The molecule has 192 valence electrons. The van der Waals surface area contributed by atoms with Crippen LogP contribution in [0.4, 0.5) is 18.9 Å². The number of hydrogen-bond donors (Lipinski definition) is 2. The van der Waals surface area contributed by atoms with E-state index in [4.69, 9.17) is 11.6 Å². The molecule has 12 heteroatoms. The molecular weight excluding hydrogens is 503 g/mol. The number of piperidine rings is 1. The lowest BCUT2D eigenvalue weighted by Gasteiger charge is -2.43. The molecule has 1 aromatic carbocycles. The van der Waals surface area contributed by atoms with E-state index in [0.717, 1.165) is 12.3 Å². The average Bonchev–Trinajstić information content (AvgIpc) is 2.80. The molecule has 36 heavy (non-hydrogen) atoms. The molecule has 1 aliphatic heterocycles. The van der Waals surface area contributed by atoms with Crippen LogP contribution in [0.2, 0.25) is 5.02 Å². The number of nitrogens with zero attached hydrogens (tertiary/aromatic N) is 3. The van der Waals surface area contributed by atoms with Gasteiger partial charge < -0.3 is 24.4 Å². The number of aromatic carboxylic acids is 1. The molecule has 0 aliphatic carbocycles. The van der Waals surface area contributed by atoms with Crippen molar-refractivity contribution in [2.45, 2.75) is 37.6 Å². The number of benzene rings is 1. The third kappa shape index (κ3) is 4.85. The Balaban J connectivity index is 1.63. The third-order valence-corrected chi connectivity index (χ3v) is 6.97. The second-order valence-electron chi connectivity index (χ2n) is 8.83. The maximum Gasteiger partial charge on any atom is 0.573 e. The molecular formula is C24H23ClF3N3O5. The Kier molecular flexibility index (Phi) is 6.65. The SMILES string of the molecule is C[C@H](c1ccc(OC(F)(F)F)cn1)C1(O)CCN(c2c(C(=O)O)c(=O)n(C)c3ccc(Cl)cc23)CC1. The lowest BCUT2D eigenvalue weighted by atomic mass is 9.78. The van der Waals surface area contributed by atoms with Gasteiger partial charge in [-0.3, -0.25) is 9.78 Å². The summed E-state index contributed by atoms with van der Waals surface area (Å²) in [4.78, 5) is 30.8. The highest BCUT2D eigenvalue weighted by atomic mass is 35.5. The quantitative estimate of drug-likeness (QED) is 0.511. The zero-order chi connectivity index (χ0) is 26.4. The number of rotatable bonds is 5. The van der Waals surface area contributed by atoms with Gasteiger partial charge in [0.05, 0.1) is 23.0 Å². The van der Waals surface area contributed by atoms with E-state index in [9.17, 15) is 33.0 Å². The molecule has 1 atom stereocenters. The van der Waals surface area contributed by atoms with Crippen molar-refractivity contribution in [2.75, 3.05) is 18.0 Å². The van der Waals surface area contributed by atoms with Gasteiger partial charge in [0.15, 0.2) is 0 Å². The number of carboxylic acids is 1. The van der Waals surface area contributed by atoms with Gasteiger partial charge in [0.1, 0.15) is 11.3 Å². The van der Waals surface area contributed by atoms with Gasteiger partial charge in [-0.05, 0) is 43.2 Å². The van der Waals surface area contributed by atoms with Gasteiger partial charge in [-0.25, -0.2) is 4.79 Å². The van der Waals surface area contributed by atoms with Crippen molar-refractivity contribution >= 4 is 34.2 Å². The lowest BCUT2D eigenvalue weighted by Crippen LogP contribution is -2.48. The highest BCUT2D eigenvalue weighted by Crippen LogP contribution is 2.40. The number of carboxylic acid groups (broad SMARTS) is 1. The number of hydrogen-bond acceptors (Lipinski definition) is 6. The van der Waals surface area contributed by atoms with E-state index >= 15 is 0 Å². The van der Waals surface area contributed by atoms with Gasteiger partial charge in [-0.2, -0.15) is 0 Å². The summed E-state index contributed by atoms with van der Waals surface area (Å²) in [5.74, 6) is -2.36.